The SMILES string of the molecule is CCOC1O[C@H](CO)[C@@H](O)[C@H](O)[C@H]1N1C(=O)c2ccccc2C1=O. The van der Waals surface area contributed by atoms with E-state index in [0.29, 0.717) is 0 Å². The number of amides is 2. The topological polar surface area (TPSA) is 117 Å². The molecule has 24 heavy (non-hydrogen) atoms. The number of aliphatic hydroxyl groups is 3. The first-order valence-electron chi connectivity index (χ1n) is 7.72. The molecule has 0 saturated carbocycles. The molecular formula is C16H19NO7. The van der Waals surface area contributed by atoms with Crippen molar-refractivity contribution in [2.75, 3.05) is 13.2 Å². The molecule has 130 valence electrons. The summed E-state index contributed by atoms with van der Waals surface area (Å²) in [6.07, 6.45) is -5.17. The molecular weight excluding hydrogens is 318 g/mol. The van der Waals surface area contributed by atoms with E-state index in [1.807, 2.05) is 0 Å². The van der Waals surface area contributed by atoms with Gasteiger partial charge >= 0.3 is 0 Å². The molecule has 5 atom stereocenters. The Morgan fingerprint density at radius 2 is 1.71 bits per heavy atom. The van der Waals surface area contributed by atoms with Crippen LogP contribution in [0.1, 0.15) is 27.6 Å². The molecule has 3 rings (SSSR count). The fourth-order valence-electron chi connectivity index (χ4n) is 3.12. The molecule has 2 aliphatic heterocycles. The van der Waals surface area contributed by atoms with Crippen LogP contribution in [0.3, 0.4) is 0 Å². The number of aliphatic hydroxyl groups excluding tert-OH is 3. The van der Waals surface area contributed by atoms with Crippen LogP contribution in [-0.4, -0.2) is 75.9 Å². The molecule has 0 bridgehead atoms. The summed E-state index contributed by atoms with van der Waals surface area (Å²) < 4.78 is 10.9. The van der Waals surface area contributed by atoms with Gasteiger partial charge in [0, 0.05) is 6.61 Å². The summed E-state index contributed by atoms with van der Waals surface area (Å²) in [7, 11) is 0. The first-order chi connectivity index (χ1) is 11.5. The van der Waals surface area contributed by atoms with E-state index in [1.165, 1.54) is 12.1 Å². The molecule has 0 aromatic heterocycles. The Kier molecular flexibility index (Phi) is 4.66. The summed E-state index contributed by atoms with van der Waals surface area (Å²) in [5, 5.41) is 29.8. The zero-order valence-electron chi connectivity index (χ0n) is 13.0. The Labute approximate surface area is 138 Å². The smallest absolute Gasteiger partial charge is 0.262 e. The van der Waals surface area contributed by atoms with Gasteiger partial charge in [0.2, 0.25) is 0 Å². The van der Waals surface area contributed by atoms with E-state index in [0.717, 1.165) is 4.90 Å². The highest BCUT2D eigenvalue weighted by Crippen LogP contribution is 2.32. The Morgan fingerprint density at radius 1 is 1.12 bits per heavy atom. The van der Waals surface area contributed by atoms with E-state index in [9.17, 15) is 24.9 Å². The number of hydrogen-bond donors (Lipinski definition) is 3. The normalized spacial score (nSPS) is 33.0. The number of rotatable bonds is 4. The number of fused-ring (bicyclic) bond motifs is 1. The van der Waals surface area contributed by atoms with Gasteiger partial charge in [-0.05, 0) is 19.1 Å². The van der Waals surface area contributed by atoms with Crippen LogP contribution in [0, 0.1) is 0 Å². The van der Waals surface area contributed by atoms with Crippen molar-refractivity contribution in [1.29, 1.82) is 0 Å². The third-order valence-corrected chi connectivity index (χ3v) is 4.30. The van der Waals surface area contributed by atoms with Gasteiger partial charge in [-0.15, -0.1) is 0 Å². The van der Waals surface area contributed by atoms with Crippen molar-refractivity contribution in [3.05, 3.63) is 35.4 Å². The van der Waals surface area contributed by atoms with Gasteiger partial charge in [0.05, 0.1) is 17.7 Å². The molecule has 2 amide bonds. The Hall–Kier alpha value is -1.84. The van der Waals surface area contributed by atoms with Gasteiger partial charge in [-0.1, -0.05) is 12.1 Å². The van der Waals surface area contributed by atoms with E-state index in [-0.39, 0.29) is 17.7 Å². The minimum absolute atomic E-state index is 0.200. The van der Waals surface area contributed by atoms with Gasteiger partial charge in [-0.2, -0.15) is 0 Å². The number of carbonyl (C=O) groups excluding carboxylic acids is 2. The van der Waals surface area contributed by atoms with Gasteiger partial charge in [-0.3, -0.25) is 14.5 Å². The molecule has 8 nitrogen and oxygen atoms in total. The van der Waals surface area contributed by atoms with Crippen LogP contribution in [0.15, 0.2) is 24.3 Å². The second-order valence-corrected chi connectivity index (χ2v) is 5.68. The Morgan fingerprint density at radius 3 is 2.21 bits per heavy atom. The highest BCUT2D eigenvalue weighted by atomic mass is 16.7. The van der Waals surface area contributed by atoms with Crippen molar-refractivity contribution in [2.45, 2.75) is 37.6 Å². The highest BCUT2D eigenvalue weighted by molar-refractivity contribution is 6.21. The third kappa shape index (κ3) is 2.52. The van der Waals surface area contributed by atoms with E-state index >= 15 is 0 Å². The van der Waals surface area contributed by atoms with Gasteiger partial charge in [0.25, 0.3) is 11.8 Å². The first-order valence-corrected chi connectivity index (χ1v) is 7.72. The standard InChI is InChI=1S/C16H19NO7/c1-2-23-16-11(13(20)12(19)10(7-18)24-16)17-14(21)8-5-3-4-6-9(8)15(17)22/h3-6,10-13,16,18-20H,2,7H2,1H3/t10-,11-,12-,13-,16?/m1/s1. The lowest BCUT2D eigenvalue weighted by molar-refractivity contribution is -0.278. The van der Waals surface area contributed by atoms with E-state index in [4.69, 9.17) is 9.47 Å². The summed E-state index contributed by atoms with van der Waals surface area (Å²) in [6.45, 7) is 1.36. The van der Waals surface area contributed by atoms with Crippen molar-refractivity contribution in [3.63, 3.8) is 0 Å². The minimum Gasteiger partial charge on any atom is -0.394 e. The van der Waals surface area contributed by atoms with Crippen LogP contribution in [0.25, 0.3) is 0 Å². The van der Waals surface area contributed by atoms with E-state index in [1.54, 1.807) is 19.1 Å². The van der Waals surface area contributed by atoms with Gasteiger partial charge in [-0.25, -0.2) is 0 Å². The van der Waals surface area contributed by atoms with Crippen LogP contribution >= 0.6 is 0 Å². The maximum atomic E-state index is 12.6. The number of carbonyl (C=O) groups is 2. The summed E-state index contributed by atoms with van der Waals surface area (Å²) >= 11 is 0. The largest absolute Gasteiger partial charge is 0.394 e. The second kappa shape index (κ2) is 6.58. The number of hydrogen-bond acceptors (Lipinski definition) is 7. The molecule has 1 unspecified atom stereocenters. The van der Waals surface area contributed by atoms with Crippen LogP contribution in [-0.2, 0) is 9.47 Å². The van der Waals surface area contributed by atoms with Gasteiger partial charge in [0.15, 0.2) is 6.29 Å². The quantitative estimate of drug-likeness (QED) is 0.611. The molecule has 1 aromatic rings. The van der Waals surface area contributed by atoms with Crippen LogP contribution in [0.5, 0.6) is 0 Å². The fourth-order valence-corrected chi connectivity index (χ4v) is 3.12. The molecule has 2 aliphatic rings. The molecule has 1 aromatic carbocycles. The predicted octanol–water partition coefficient (Wildman–Crippen LogP) is -0.873. The zero-order chi connectivity index (χ0) is 17.4. The Balaban J connectivity index is 1.97. The average molecular weight is 337 g/mol. The number of nitrogens with zero attached hydrogens (tertiary/aromatic N) is 1. The fraction of sp³-hybridized carbons (Fsp3) is 0.500. The zero-order valence-corrected chi connectivity index (χ0v) is 13.0. The monoisotopic (exact) mass is 337 g/mol. The third-order valence-electron chi connectivity index (χ3n) is 4.30. The molecule has 1 saturated heterocycles. The van der Waals surface area contributed by atoms with Gasteiger partial charge in [0.1, 0.15) is 24.4 Å². The number of imide groups is 1. The summed E-state index contributed by atoms with van der Waals surface area (Å²) in [6, 6.07) is 5.11. The summed E-state index contributed by atoms with van der Waals surface area (Å²) in [4.78, 5) is 26.1. The maximum absolute atomic E-state index is 12.6. The van der Waals surface area contributed by atoms with Crippen LogP contribution < -0.4 is 0 Å². The lowest BCUT2D eigenvalue weighted by atomic mass is 9.95. The number of ether oxygens (including phenoxy) is 2. The molecule has 0 spiro atoms. The second-order valence-electron chi connectivity index (χ2n) is 5.68. The van der Waals surface area contributed by atoms with Crippen molar-refractivity contribution >= 4 is 11.8 Å². The van der Waals surface area contributed by atoms with Crippen LogP contribution in [0.4, 0.5) is 0 Å². The van der Waals surface area contributed by atoms with Crippen molar-refractivity contribution in [1.82, 2.24) is 4.90 Å². The molecule has 1 fully saturated rings. The van der Waals surface area contributed by atoms with E-state index in [2.05, 4.69) is 0 Å². The Bertz CT molecular complexity index is 614. The lowest BCUT2D eigenvalue weighted by Crippen LogP contribution is -2.65. The predicted molar refractivity (Wildman–Crippen MR) is 80.1 cm³/mol. The molecule has 0 radical (unpaired) electrons. The van der Waals surface area contributed by atoms with Crippen molar-refractivity contribution in [3.8, 4) is 0 Å². The van der Waals surface area contributed by atoms with Crippen molar-refractivity contribution in [2.24, 2.45) is 0 Å². The maximum Gasteiger partial charge on any atom is 0.262 e. The lowest BCUT2D eigenvalue weighted by Gasteiger charge is -2.44. The van der Waals surface area contributed by atoms with E-state index < -0.39 is 49.1 Å². The molecule has 2 heterocycles. The first kappa shape index (κ1) is 17.0. The van der Waals surface area contributed by atoms with Gasteiger partial charge < -0.3 is 24.8 Å². The highest BCUT2D eigenvalue weighted by Gasteiger charge is 2.53. The molecule has 3 N–H and O–H groups in total. The summed E-state index contributed by atoms with van der Waals surface area (Å²) in [5.74, 6) is -1.16. The minimum atomic E-state index is -1.50. The number of benzene rings is 1. The van der Waals surface area contributed by atoms with Crippen molar-refractivity contribution < 1.29 is 34.4 Å². The molecule has 8 heteroatoms. The summed E-state index contributed by atoms with van der Waals surface area (Å²) in [5.41, 5.74) is 0.451. The average Bonchev–Trinajstić information content (AvgIpc) is 2.83. The molecule has 0 aliphatic carbocycles. The van der Waals surface area contributed by atoms with Crippen LogP contribution in [0.2, 0.25) is 0 Å².